The summed E-state index contributed by atoms with van der Waals surface area (Å²) >= 11 is 0. The van der Waals surface area contributed by atoms with Crippen molar-refractivity contribution in [2.24, 2.45) is 11.3 Å². The maximum atomic E-state index is 13.5. The van der Waals surface area contributed by atoms with Crippen LogP contribution in [0, 0.1) is 11.3 Å². The number of anilines is 1. The molecule has 3 aliphatic carbocycles. The molecule has 0 radical (unpaired) electrons. The molecule has 3 heterocycles. The molecule has 6 aliphatic rings. The monoisotopic (exact) mass is 426 g/mol. The molecule has 31 heavy (non-hydrogen) atoms. The maximum Gasteiger partial charge on any atom is 0.414 e. The van der Waals surface area contributed by atoms with E-state index in [1.54, 1.807) is 7.11 Å². The molecular formula is C24H30N2O5. The number of piperidine rings is 1. The smallest absolute Gasteiger partial charge is 0.414 e. The first-order valence-corrected chi connectivity index (χ1v) is 11.4. The minimum absolute atomic E-state index is 0.0852. The van der Waals surface area contributed by atoms with Crippen molar-refractivity contribution in [3.8, 4) is 5.75 Å². The van der Waals surface area contributed by atoms with Gasteiger partial charge in [0.2, 0.25) is 0 Å². The van der Waals surface area contributed by atoms with E-state index in [4.69, 9.17) is 14.2 Å². The number of hydrogen-bond donors (Lipinski definition) is 0. The lowest BCUT2D eigenvalue weighted by molar-refractivity contribution is -0.174. The van der Waals surface area contributed by atoms with Crippen molar-refractivity contribution in [1.82, 2.24) is 4.90 Å². The summed E-state index contributed by atoms with van der Waals surface area (Å²) in [5.74, 6) is 0.0785. The number of carbonyl (C=O) groups is 2. The molecule has 5 fully saturated rings. The number of amides is 1. The number of hydrogen-bond acceptors (Lipinski definition) is 6. The number of carbonyl (C=O) groups excluding carboxylic acids is 2. The Kier molecular flexibility index (Phi) is 3.85. The molecule has 5 atom stereocenters. The molecule has 0 N–H and O–H groups in total. The van der Waals surface area contributed by atoms with E-state index in [0.717, 1.165) is 56.4 Å². The zero-order valence-electron chi connectivity index (χ0n) is 18.5. The van der Waals surface area contributed by atoms with Gasteiger partial charge in [0, 0.05) is 11.5 Å². The topological polar surface area (TPSA) is 68.3 Å². The Morgan fingerprint density at radius 3 is 2.61 bits per heavy atom. The quantitative estimate of drug-likeness (QED) is 0.677. The number of fused-ring (bicyclic) bond motifs is 3. The Morgan fingerprint density at radius 1 is 1.03 bits per heavy atom. The fraction of sp³-hybridized carbons (Fsp3) is 0.667. The van der Waals surface area contributed by atoms with Crippen LogP contribution in [-0.2, 0) is 19.7 Å². The van der Waals surface area contributed by atoms with Gasteiger partial charge in [-0.25, -0.2) is 4.79 Å². The van der Waals surface area contributed by atoms with E-state index in [9.17, 15) is 9.59 Å². The fourth-order valence-corrected chi connectivity index (χ4v) is 8.80. The Bertz CT molecular complexity index is 981. The average molecular weight is 427 g/mol. The first kappa shape index (κ1) is 19.4. The first-order chi connectivity index (χ1) is 15.0. The van der Waals surface area contributed by atoms with Gasteiger partial charge in [-0.2, -0.15) is 0 Å². The maximum absolute atomic E-state index is 13.5. The van der Waals surface area contributed by atoms with E-state index < -0.39 is 11.6 Å². The molecular weight excluding hydrogens is 396 g/mol. The van der Waals surface area contributed by atoms with Crippen LogP contribution >= 0.6 is 0 Å². The third-order valence-corrected chi connectivity index (χ3v) is 9.45. The molecule has 0 unspecified atom stereocenters. The summed E-state index contributed by atoms with van der Waals surface area (Å²) in [5, 5.41) is 0. The van der Waals surface area contributed by atoms with Gasteiger partial charge in [0.1, 0.15) is 5.75 Å². The summed E-state index contributed by atoms with van der Waals surface area (Å²) in [7, 11) is 4.53. The van der Waals surface area contributed by atoms with Crippen LogP contribution in [0.25, 0.3) is 0 Å². The summed E-state index contributed by atoms with van der Waals surface area (Å²) in [6, 6.07) is 6.41. The van der Waals surface area contributed by atoms with E-state index in [0.29, 0.717) is 11.8 Å². The third kappa shape index (κ3) is 1.92. The zero-order valence-corrected chi connectivity index (χ0v) is 18.5. The molecule has 3 spiro atoms. The second kappa shape index (κ2) is 6.15. The van der Waals surface area contributed by atoms with Crippen molar-refractivity contribution >= 4 is 17.7 Å². The van der Waals surface area contributed by atoms with Crippen LogP contribution in [0.15, 0.2) is 18.2 Å². The van der Waals surface area contributed by atoms with Gasteiger partial charge in [-0.3, -0.25) is 14.6 Å². The molecule has 3 saturated carbocycles. The lowest BCUT2D eigenvalue weighted by Gasteiger charge is -2.69. The Hall–Kier alpha value is -2.28. The van der Waals surface area contributed by atoms with Crippen molar-refractivity contribution in [3.63, 3.8) is 0 Å². The van der Waals surface area contributed by atoms with Crippen LogP contribution in [0.4, 0.5) is 10.5 Å². The van der Waals surface area contributed by atoms with Gasteiger partial charge in [-0.15, -0.1) is 0 Å². The SMILES string of the molecule is COC(=O)[C@@H]1C[C@]23CCCN4CC[C@@]5(c6cccc(OC)c6N(C(=O)OC)[C@@]15CC2)[C@@H]43. The minimum Gasteiger partial charge on any atom is -0.495 e. The summed E-state index contributed by atoms with van der Waals surface area (Å²) in [4.78, 5) is 31.3. The van der Waals surface area contributed by atoms with Crippen molar-refractivity contribution < 1.29 is 23.8 Å². The number of rotatable bonds is 2. The molecule has 1 aromatic rings. The summed E-state index contributed by atoms with van der Waals surface area (Å²) in [6.07, 6.45) is 5.39. The number of ether oxygens (including phenoxy) is 3. The predicted octanol–water partition coefficient (Wildman–Crippen LogP) is 3.10. The summed E-state index contributed by atoms with van der Waals surface area (Å²) in [5.41, 5.74) is 1.01. The Morgan fingerprint density at radius 2 is 1.87 bits per heavy atom. The molecule has 7 nitrogen and oxygen atoms in total. The van der Waals surface area contributed by atoms with Crippen LogP contribution in [-0.4, -0.2) is 63.0 Å². The van der Waals surface area contributed by atoms with Crippen molar-refractivity contribution in [3.05, 3.63) is 23.8 Å². The molecule has 7 heteroatoms. The molecule has 1 aromatic carbocycles. The highest BCUT2D eigenvalue weighted by atomic mass is 16.5. The second-order valence-electron chi connectivity index (χ2n) is 9.99. The van der Waals surface area contributed by atoms with E-state index in [-0.39, 0.29) is 22.7 Å². The fourth-order valence-electron chi connectivity index (χ4n) is 8.80. The first-order valence-electron chi connectivity index (χ1n) is 11.4. The Balaban J connectivity index is 1.71. The van der Waals surface area contributed by atoms with E-state index in [1.165, 1.54) is 20.6 Å². The molecule has 3 aliphatic heterocycles. The number of benzene rings is 1. The summed E-state index contributed by atoms with van der Waals surface area (Å²) < 4.78 is 16.5. The van der Waals surface area contributed by atoms with Gasteiger partial charge in [0.25, 0.3) is 0 Å². The Labute approximate surface area is 182 Å². The van der Waals surface area contributed by atoms with E-state index in [2.05, 4.69) is 11.0 Å². The van der Waals surface area contributed by atoms with Crippen LogP contribution in [0.2, 0.25) is 0 Å². The van der Waals surface area contributed by atoms with Crippen molar-refractivity contribution in [2.75, 3.05) is 39.3 Å². The van der Waals surface area contributed by atoms with Gasteiger partial charge in [-0.05, 0) is 68.7 Å². The molecule has 7 rings (SSSR count). The zero-order chi connectivity index (χ0) is 21.6. The van der Waals surface area contributed by atoms with Gasteiger partial charge in [0.15, 0.2) is 0 Å². The van der Waals surface area contributed by atoms with Crippen LogP contribution in [0.1, 0.15) is 44.1 Å². The lowest BCUT2D eigenvalue weighted by Crippen LogP contribution is -2.79. The molecule has 2 bridgehead atoms. The normalized spacial score (nSPS) is 39.5. The van der Waals surface area contributed by atoms with Gasteiger partial charge >= 0.3 is 12.1 Å². The largest absolute Gasteiger partial charge is 0.495 e. The van der Waals surface area contributed by atoms with E-state index >= 15 is 0 Å². The lowest BCUT2D eigenvalue weighted by atomic mass is 9.38. The molecule has 2 saturated heterocycles. The van der Waals surface area contributed by atoms with Gasteiger partial charge in [0.05, 0.1) is 38.5 Å². The number of methoxy groups -OCH3 is 3. The molecule has 166 valence electrons. The standard InChI is InChI=1S/C24H30N2O5/c1-29-17-7-4-6-15-18(17)26(21(28)31-3)24-10-9-22(14-16(24)19(27)30-2)8-5-12-25-13-11-23(15,24)20(22)25/h4,6-7,16,20H,5,8-14H2,1-3H3/t16-,20-,22-,23+,24-/m0/s1. The van der Waals surface area contributed by atoms with Crippen LogP contribution in [0.3, 0.4) is 0 Å². The van der Waals surface area contributed by atoms with E-state index in [1.807, 2.05) is 17.0 Å². The second-order valence-corrected chi connectivity index (χ2v) is 9.99. The molecule has 0 aromatic heterocycles. The minimum atomic E-state index is -0.692. The number of nitrogens with zero attached hydrogens (tertiary/aromatic N) is 2. The van der Waals surface area contributed by atoms with Gasteiger partial charge < -0.3 is 14.2 Å². The van der Waals surface area contributed by atoms with Crippen LogP contribution in [0.5, 0.6) is 5.75 Å². The highest BCUT2D eigenvalue weighted by Gasteiger charge is 2.82. The molecule has 1 amide bonds. The van der Waals surface area contributed by atoms with Gasteiger partial charge in [-0.1, -0.05) is 12.1 Å². The number of esters is 1. The third-order valence-electron chi connectivity index (χ3n) is 9.45. The van der Waals surface area contributed by atoms with Crippen LogP contribution < -0.4 is 9.64 Å². The predicted molar refractivity (Wildman–Crippen MR) is 113 cm³/mol. The summed E-state index contributed by atoms with van der Waals surface area (Å²) in [6.45, 7) is 2.08. The highest BCUT2D eigenvalue weighted by molar-refractivity contribution is 5.99. The van der Waals surface area contributed by atoms with Crippen molar-refractivity contribution in [1.29, 1.82) is 0 Å². The number of para-hydroxylation sites is 1. The van der Waals surface area contributed by atoms with Crippen molar-refractivity contribution in [2.45, 2.75) is 55.5 Å². The highest BCUT2D eigenvalue weighted by Crippen LogP contribution is 2.76. The average Bonchev–Trinajstić information content (AvgIpc) is 3.34.